The molecule has 289 valence electrons. The average Bonchev–Trinajstić information content (AvgIpc) is 3.87. The van der Waals surface area contributed by atoms with Crippen molar-refractivity contribution in [3.8, 4) is 22.6 Å². The van der Waals surface area contributed by atoms with Crippen LogP contribution in [0, 0.1) is 12.1 Å². The number of nitrogens with zero attached hydrogens (tertiary/aromatic N) is 3. The largest absolute Gasteiger partial charge is 0.332 e. The molecule has 0 saturated heterocycles. The summed E-state index contributed by atoms with van der Waals surface area (Å²) in [5.41, 5.74) is 7.06. The second-order valence-electron chi connectivity index (χ2n) is 15.2. The molecule has 12 aromatic rings. The molecule has 0 aliphatic rings. The first-order valence-electron chi connectivity index (χ1n) is 20.4. The van der Waals surface area contributed by atoms with Gasteiger partial charge in [0.1, 0.15) is 0 Å². The van der Waals surface area contributed by atoms with Crippen LogP contribution < -0.4 is 0 Å². The van der Waals surface area contributed by atoms with E-state index < -0.39 is 5.89 Å². The van der Waals surface area contributed by atoms with E-state index in [4.69, 9.17) is 6.35 Å². The van der Waals surface area contributed by atoms with Crippen molar-refractivity contribution in [2.75, 3.05) is 0 Å². The number of fused-ring (bicyclic) bond motifs is 11. The van der Waals surface area contributed by atoms with E-state index >= 15 is 0 Å². The van der Waals surface area contributed by atoms with Gasteiger partial charge in [0.05, 0.1) is 16.9 Å². The minimum atomic E-state index is -0.591. The van der Waals surface area contributed by atoms with Crippen molar-refractivity contribution in [3.63, 3.8) is 0 Å². The normalized spacial score (nSPS) is 11.9. The van der Waals surface area contributed by atoms with Gasteiger partial charge in [-0.1, -0.05) is 140 Å². The van der Waals surface area contributed by atoms with E-state index in [0.717, 1.165) is 44.8 Å². The molecule has 4 heterocycles. The maximum Gasteiger partial charge on any atom is 0.0780 e. The number of thiophene rings is 1. The zero-order valence-corrected chi connectivity index (χ0v) is 36.1. The van der Waals surface area contributed by atoms with Gasteiger partial charge in [0.25, 0.3) is 0 Å². The fraction of sp³-hybridized carbons (Fsp3) is 0.0545. The third kappa shape index (κ3) is 6.38. The van der Waals surface area contributed by atoms with Crippen LogP contribution in [0.2, 0.25) is 0 Å². The Balaban J connectivity index is 0.000000222. The maximum absolute atomic E-state index is 7.99. The molecule has 0 saturated carbocycles. The van der Waals surface area contributed by atoms with Gasteiger partial charge in [0.2, 0.25) is 0 Å². The van der Waals surface area contributed by atoms with Crippen LogP contribution in [0.15, 0.2) is 182 Å². The van der Waals surface area contributed by atoms with Gasteiger partial charge in [-0.3, -0.25) is 4.98 Å². The second-order valence-corrected chi connectivity index (χ2v) is 16.2. The maximum atomic E-state index is 7.99. The van der Waals surface area contributed by atoms with Crippen molar-refractivity contribution < 1.29 is 21.5 Å². The predicted octanol–water partition coefficient (Wildman–Crippen LogP) is 15.2. The van der Waals surface area contributed by atoms with Gasteiger partial charge in [-0.05, 0) is 84.3 Å². The number of para-hydroxylation sites is 2. The summed E-state index contributed by atoms with van der Waals surface area (Å²) in [5.74, 6) is 0.324. The van der Waals surface area contributed by atoms with Gasteiger partial charge in [-0.25, -0.2) is 0 Å². The molecule has 0 spiro atoms. The fourth-order valence-corrected chi connectivity index (χ4v) is 9.81. The first kappa shape index (κ1) is 36.6. The van der Waals surface area contributed by atoms with Gasteiger partial charge in [0, 0.05) is 48.7 Å². The van der Waals surface area contributed by atoms with Crippen molar-refractivity contribution in [1.29, 1.82) is 0 Å². The molecule has 12 rings (SSSR count). The smallest absolute Gasteiger partial charge is 0.0780 e. The summed E-state index contributed by atoms with van der Waals surface area (Å²) in [6.07, 6.45) is 1.75. The van der Waals surface area contributed by atoms with E-state index in [2.05, 4.69) is 161 Å². The van der Waals surface area contributed by atoms with Crippen molar-refractivity contribution in [2.45, 2.75) is 19.7 Å². The standard InChI is InChI=1S/C41H23N2S.C14H14N.Ir/c1-2-12-26-24-38-35(23-25(26)11-1)33-19-9-20-34(40(33)44-38)41-42-36-21-10-18-32-30-16-6-4-14-28(30)27-13-3-5-15-29(27)31-17-7-8-22-37(31)43(41)39(32)36;1-11(2)13-8-9-15-14(10-13)12-6-4-3-5-7-12;/h1-19,21-24H;3-6,8-11H,1-2H3;/q2*-1;/i;11D;. The minimum Gasteiger partial charge on any atom is -0.332 e. The van der Waals surface area contributed by atoms with Crippen molar-refractivity contribution in [1.82, 2.24) is 14.4 Å². The third-order valence-electron chi connectivity index (χ3n) is 11.4. The first-order valence-corrected chi connectivity index (χ1v) is 20.7. The molecule has 0 bridgehead atoms. The molecule has 60 heavy (non-hydrogen) atoms. The molecule has 1 radical (unpaired) electrons. The van der Waals surface area contributed by atoms with Crippen LogP contribution in [0.1, 0.15) is 26.7 Å². The fourth-order valence-electron chi connectivity index (χ4n) is 8.58. The number of rotatable bonds is 3. The van der Waals surface area contributed by atoms with Gasteiger partial charge in [-0.2, -0.15) is 11.3 Å². The second kappa shape index (κ2) is 15.6. The molecule has 5 heteroatoms. The van der Waals surface area contributed by atoms with Gasteiger partial charge in [0.15, 0.2) is 0 Å². The molecule has 0 fully saturated rings. The van der Waals surface area contributed by atoms with Crippen molar-refractivity contribution in [2.24, 2.45) is 0 Å². The molecule has 0 atom stereocenters. The Morgan fingerprint density at radius 2 is 1.23 bits per heavy atom. The van der Waals surface area contributed by atoms with Crippen LogP contribution in [0.4, 0.5) is 0 Å². The van der Waals surface area contributed by atoms with E-state index in [0.29, 0.717) is 0 Å². The topological polar surface area (TPSA) is 30.2 Å². The summed E-state index contributed by atoms with van der Waals surface area (Å²) in [6.45, 7) is 3.75. The van der Waals surface area contributed by atoms with Gasteiger partial charge in [-0.15, -0.1) is 54.1 Å². The van der Waals surface area contributed by atoms with E-state index in [1.165, 1.54) is 63.3 Å². The molecule has 0 aliphatic carbocycles. The molecule has 0 aliphatic heterocycles. The number of benzene rings is 8. The molecular weight excluding hydrogens is 927 g/mol. The van der Waals surface area contributed by atoms with Crippen molar-refractivity contribution in [3.05, 3.63) is 200 Å². The number of imidazole rings is 1. The monoisotopic (exact) mass is 965 g/mol. The Morgan fingerprint density at radius 3 is 1.97 bits per heavy atom. The molecule has 8 aromatic carbocycles. The quantitative estimate of drug-likeness (QED) is 0.165. The van der Waals surface area contributed by atoms with Gasteiger partial charge < -0.3 is 9.38 Å². The summed E-state index contributed by atoms with van der Waals surface area (Å²) in [6, 6.07) is 68.8. The Kier molecular flexibility index (Phi) is 9.51. The summed E-state index contributed by atoms with van der Waals surface area (Å²) in [5, 5.41) is 12.3. The zero-order chi connectivity index (χ0) is 40.4. The predicted molar refractivity (Wildman–Crippen MR) is 251 cm³/mol. The summed E-state index contributed by atoms with van der Waals surface area (Å²) in [4.78, 5) is 9.72. The van der Waals surface area contributed by atoms with Crippen LogP contribution in [0.25, 0.3) is 102 Å². The average molecular weight is 965 g/mol. The number of hydrogen-bond donors (Lipinski definition) is 0. The molecular formula is C55H37IrN3S-2. The van der Waals surface area contributed by atoms with Crippen molar-refractivity contribution >= 4 is 91.1 Å². The van der Waals surface area contributed by atoms with E-state index in [1.807, 2.05) is 61.6 Å². The van der Waals surface area contributed by atoms with Crippen LogP contribution >= 0.6 is 11.3 Å². The van der Waals surface area contributed by atoms with E-state index in [9.17, 15) is 0 Å². The summed E-state index contributed by atoms with van der Waals surface area (Å²) < 4.78 is 12.9. The number of pyridine rings is 1. The molecule has 3 nitrogen and oxygen atoms in total. The molecule has 0 amide bonds. The minimum absolute atomic E-state index is 0. The Labute approximate surface area is 367 Å². The Bertz CT molecular complexity index is 3660. The molecule has 0 unspecified atom stereocenters. The van der Waals surface area contributed by atoms with Crippen LogP contribution in [-0.4, -0.2) is 14.4 Å². The van der Waals surface area contributed by atoms with Crippen LogP contribution in [0.3, 0.4) is 0 Å². The van der Waals surface area contributed by atoms with Crippen LogP contribution in [0.5, 0.6) is 0 Å². The molecule has 4 aromatic heterocycles. The SMILES string of the molecule is [2H]C(C)(C)c1ccnc(-c2[c-]cccc2)c1.[Ir].[c-]1ccc2c(sc3cc4ccccc4cc32)c1-c1nc2cccc3c4ccccc4c4ccccc4c4ccccc4n1c23. The first-order chi connectivity index (χ1) is 29.4. The summed E-state index contributed by atoms with van der Waals surface area (Å²) in [7, 11) is 0. The van der Waals surface area contributed by atoms with Crippen LogP contribution in [-0.2, 0) is 20.1 Å². The number of aromatic nitrogens is 3. The Hall–Kier alpha value is -6.49. The molecule has 0 N–H and O–H groups in total. The van der Waals surface area contributed by atoms with Gasteiger partial charge >= 0.3 is 0 Å². The van der Waals surface area contributed by atoms with E-state index in [1.54, 1.807) is 6.20 Å². The Morgan fingerprint density at radius 1 is 0.583 bits per heavy atom. The van der Waals surface area contributed by atoms with E-state index in [-0.39, 0.29) is 20.1 Å². The third-order valence-corrected chi connectivity index (χ3v) is 12.6. The number of hydrogen-bond acceptors (Lipinski definition) is 3. The zero-order valence-electron chi connectivity index (χ0n) is 33.9. The summed E-state index contributed by atoms with van der Waals surface area (Å²) >= 11 is 1.84.